The second-order valence-electron chi connectivity index (χ2n) is 8.00. The van der Waals surface area contributed by atoms with Gasteiger partial charge in [0.25, 0.3) is 0 Å². The molecule has 1 heterocycles. The van der Waals surface area contributed by atoms with Crippen LogP contribution in [0.25, 0.3) is 11.0 Å². The van der Waals surface area contributed by atoms with E-state index >= 15 is 0 Å². The fraction of sp³-hybridized carbons (Fsp3) is 0.524. The Labute approximate surface area is 150 Å². The lowest BCUT2D eigenvalue weighted by atomic mass is 10.1. The summed E-state index contributed by atoms with van der Waals surface area (Å²) < 4.78 is 2.19. The molecule has 1 fully saturated rings. The van der Waals surface area contributed by atoms with Gasteiger partial charge in [0, 0.05) is 6.54 Å². The number of aryl methyl sites for hydroxylation is 1. The molecule has 2 aromatic rings. The van der Waals surface area contributed by atoms with Crippen LogP contribution in [0.4, 0.5) is 0 Å². The third-order valence-electron chi connectivity index (χ3n) is 5.45. The topological polar surface area (TPSA) is 46.9 Å². The van der Waals surface area contributed by atoms with Gasteiger partial charge in [0.05, 0.1) is 23.0 Å². The van der Waals surface area contributed by atoms with E-state index in [2.05, 4.69) is 56.6 Å². The normalized spacial score (nSPS) is 22.5. The predicted molar refractivity (Wildman–Crippen MR) is 102 cm³/mol. The van der Waals surface area contributed by atoms with Crippen LogP contribution in [0.3, 0.4) is 0 Å². The highest BCUT2D eigenvalue weighted by Gasteiger charge is 2.60. The molecule has 1 amide bonds. The molecule has 3 rings (SSSR count). The van der Waals surface area contributed by atoms with Crippen molar-refractivity contribution in [3.8, 4) is 0 Å². The van der Waals surface area contributed by atoms with E-state index in [0.29, 0.717) is 5.92 Å². The number of allylic oxidation sites excluding steroid dienone is 2. The first-order valence-corrected chi connectivity index (χ1v) is 9.18. The van der Waals surface area contributed by atoms with Crippen LogP contribution in [0.5, 0.6) is 0 Å². The van der Waals surface area contributed by atoms with Gasteiger partial charge in [-0.1, -0.05) is 37.6 Å². The lowest BCUT2D eigenvalue weighted by molar-refractivity contribution is -0.123. The Kier molecular flexibility index (Phi) is 4.48. The van der Waals surface area contributed by atoms with Crippen molar-refractivity contribution in [2.75, 3.05) is 0 Å². The van der Waals surface area contributed by atoms with Crippen LogP contribution in [-0.4, -0.2) is 15.5 Å². The van der Waals surface area contributed by atoms with E-state index in [4.69, 9.17) is 4.98 Å². The van der Waals surface area contributed by atoms with Gasteiger partial charge in [-0.3, -0.25) is 4.79 Å². The molecule has 3 atom stereocenters. The monoisotopic (exact) mass is 339 g/mol. The van der Waals surface area contributed by atoms with Gasteiger partial charge in [0.1, 0.15) is 5.82 Å². The second kappa shape index (κ2) is 6.32. The van der Waals surface area contributed by atoms with Gasteiger partial charge in [-0.2, -0.15) is 0 Å². The van der Waals surface area contributed by atoms with Crippen LogP contribution in [0.1, 0.15) is 53.4 Å². The van der Waals surface area contributed by atoms with Crippen LogP contribution in [-0.2, 0) is 11.3 Å². The van der Waals surface area contributed by atoms with E-state index in [-0.39, 0.29) is 23.3 Å². The molecule has 1 aliphatic rings. The summed E-state index contributed by atoms with van der Waals surface area (Å²) in [5.74, 6) is 1.43. The van der Waals surface area contributed by atoms with E-state index in [1.54, 1.807) is 0 Å². The zero-order chi connectivity index (χ0) is 18.4. The first kappa shape index (κ1) is 17.7. The molecule has 0 unspecified atom stereocenters. The van der Waals surface area contributed by atoms with Gasteiger partial charge in [0.2, 0.25) is 5.91 Å². The van der Waals surface area contributed by atoms with Crippen LogP contribution < -0.4 is 5.32 Å². The Morgan fingerprint density at radius 2 is 2.04 bits per heavy atom. The Hall–Kier alpha value is -2.10. The zero-order valence-corrected chi connectivity index (χ0v) is 16.1. The minimum atomic E-state index is -0.108. The number of carbonyl (C=O) groups excluding carboxylic acids is 1. The number of amides is 1. The van der Waals surface area contributed by atoms with Gasteiger partial charge >= 0.3 is 0 Å². The van der Waals surface area contributed by atoms with Crippen molar-refractivity contribution in [3.63, 3.8) is 0 Å². The Bertz CT molecular complexity index is 827. The fourth-order valence-electron chi connectivity index (χ4n) is 3.97. The molecule has 1 aromatic heterocycles. The highest BCUT2D eigenvalue weighted by Crippen LogP contribution is 2.59. The van der Waals surface area contributed by atoms with Crippen molar-refractivity contribution in [3.05, 3.63) is 41.7 Å². The minimum absolute atomic E-state index is 0.0337. The number of fused-ring (bicyclic) bond motifs is 1. The quantitative estimate of drug-likeness (QED) is 0.817. The minimum Gasteiger partial charge on any atom is -0.346 e. The third kappa shape index (κ3) is 3.10. The first-order chi connectivity index (χ1) is 11.8. The van der Waals surface area contributed by atoms with Gasteiger partial charge < -0.3 is 9.88 Å². The zero-order valence-electron chi connectivity index (χ0n) is 16.1. The number of rotatable bonds is 5. The molecular weight excluding hydrogens is 310 g/mol. The average Bonchev–Trinajstić information content (AvgIpc) is 2.92. The van der Waals surface area contributed by atoms with E-state index in [0.717, 1.165) is 23.4 Å². The number of aromatic nitrogens is 2. The van der Waals surface area contributed by atoms with Crippen LogP contribution >= 0.6 is 0 Å². The van der Waals surface area contributed by atoms with E-state index in [1.807, 2.05) is 25.1 Å². The van der Waals surface area contributed by atoms with Crippen molar-refractivity contribution in [2.24, 2.45) is 17.3 Å². The van der Waals surface area contributed by atoms with E-state index in [1.165, 1.54) is 5.57 Å². The summed E-state index contributed by atoms with van der Waals surface area (Å²) in [7, 11) is 0. The van der Waals surface area contributed by atoms with Crippen molar-refractivity contribution in [1.82, 2.24) is 14.9 Å². The van der Waals surface area contributed by atoms with E-state index in [9.17, 15) is 4.79 Å². The largest absolute Gasteiger partial charge is 0.346 e. The third-order valence-corrected chi connectivity index (χ3v) is 5.45. The van der Waals surface area contributed by atoms with Crippen molar-refractivity contribution in [2.45, 2.75) is 54.1 Å². The van der Waals surface area contributed by atoms with Crippen LogP contribution in [0.2, 0.25) is 0 Å². The number of nitrogens with one attached hydrogen (secondary N) is 1. The Morgan fingerprint density at radius 3 is 2.68 bits per heavy atom. The SMILES string of the molecule is CCn1c([C@H](C)NC(=O)[C@@H]2[C@H](C=C(C)C)C2(C)C)nc2ccccc21. The molecule has 134 valence electrons. The maximum absolute atomic E-state index is 12.8. The number of para-hydroxylation sites is 2. The number of benzene rings is 1. The number of nitrogens with zero attached hydrogens (tertiary/aromatic N) is 2. The number of hydrogen-bond donors (Lipinski definition) is 1. The smallest absolute Gasteiger partial charge is 0.224 e. The molecule has 1 N–H and O–H groups in total. The summed E-state index contributed by atoms with van der Waals surface area (Å²) >= 11 is 0. The molecule has 0 aliphatic heterocycles. The molecule has 4 nitrogen and oxygen atoms in total. The fourth-order valence-corrected chi connectivity index (χ4v) is 3.97. The number of hydrogen-bond acceptors (Lipinski definition) is 2. The van der Waals surface area contributed by atoms with Gasteiger partial charge in [0.15, 0.2) is 0 Å². The molecule has 0 bridgehead atoms. The Morgan fingerprint density at radius 1 is 1.36 bits per heavy atom. The Balaban J connectivity index is 1.80. The number of imidazole rings is 1. The van der Waals surface area contributed by atoms with Crippen molar-refractivity contribution < 1.29 is 4.79 Å². The maximum atomic E-state index is 12.8. The molecule has 4 heteroatoms. The van der Waals surface area contributed by atoms with Crippen molar-refractivity contribution in [1.29, 1.82) is 0 Å². The first-order valence-electron chi connectivity index (χ1n) is 9.18. The predicted octanol–water partition coefficient (Wildman–Crippen LogP) is 4.47. The summed E-state index contributed by atoms with van der Waals surface area (Å²) in [4.78, 5) is 17.6. The standard InChI is InChI=1S/C21H29N3O/c1-7-24-17-11-9-8-10-16(17)23-19(24)14(4)22-20(25)18-15(12-13(2)3)21(18,5)6/h8-12,14-15,18H,7H2,1-6H3,(H,22,25)/t14-,15-,18-/m0/s1. The molecule has 0 spiro atoms. The molecule has 1 saturated carbocycles. The lowest BCUT2D eigenvalue weighted by Gasteiger charge is -2.16. The summed E-state index contributed by atoms with van der Waals surface area (Å²) in [5, 5.41) is 3.20. The summed E-state index contributed by atoms with van der Waals surface area (Å²) in [5.41, 5.74) is 3.41. The van der Waals surface area contributed by atoms with Crippen LogP contribution in [0.15, 0.2) is 35.9 Å². The molecule has 1 aromatic carbocycles. The highest BCUT2D eigenvalue weighted by molar-refractivity contribution is 5.84. The van der Waals surface area contributed by atoms with E-state index < -0.39 is 0 Å². The molecule has 0 saturated heterocycles. The van der Waals surface area contributed by atoms with Crippen molar-refractivity contribution >= 4 is 16.9 Å². The molecule has 1 aliphatic carbocycles. The van der Waals surface area contributed by atoms with Gasteiger partial charge in [-0.25, -0.2) is 4.98 Å². The molecule has 25 heavy (non-hydrogen) atoms. The number of carbonyl (C=O) groups is 1. The average molecular weight is 339 g/mol. The maximum Gasteiger partial charge on any atom is 0.224 e. The molecule has 0 radical (unpaired) electrons. The second-order valence-corrected chi connectivity index (χ2v) is 8.00. The molecular formula is C21H29N3O. The lowest BCUT2D eigenvalue weighted by Crippen LogP contribution is -2.31. The highest BCUT2D eigenvalue weighted by atomic mass is 16.2. The summed E-state index contributed by atoms with van der Waals surface area (Å²) in [6.45, 7) is 13.5. The summed E-state index contributed by atoms with van der Waals surface area (Å²) in [6.07, 6.45) is 2.23. The summed E-state index contributed by atoms with van der Waals surface area (Å²) in [6, 6.07) is 8.02. The van der Waals surface area contributed by atoms with Gasteiger partial charge in [-0.15, -0.1) is 0 Å². The van der Waals surface area contributed by atoms with Crippen LogP contribution in [0, 0.1) is 17.3 Å². The van der Waals surface area contributed by atoms with Gasteiger partial charge in [-0.05, 0) is 51.2 Å².